The first kappa shape index (κ1) is 21.3. The van der Waals surface area contributed by atoms with Crippen LogP contribution in [0.4, 0.5) is 10.2 Å². The van der Waals surface area contributed by atoms with E-state index >= 15 is 0 Å². The van der Waals surface area contributed by atoms with E-state index in [2.05, 4.69) is 25.6 Å². The Balaban J connectivity index is 1.15. The zero-order chi connectivity index (χ0) is 22.8. The molecule has 1 saturated carbocycles. The molecule has 0 amide bonds. The molecule has 0 spiro atoms. The van der Waals surface area contributed by atoms with E-state index in [0.29, 0.717) is 53.5 Å². The second-order valence-corrected chi connectivity index (χ2v) is 8.37. The van der Waals surface area contributed by atoms with Crippen LogP contribution in [-0.4, -0.2) is 32.2 Å². The lowest BCUT2D eigenvalue weighted by atomic mass is 9.86. The molecular weight excluding hydrogens is 427 g/mol. The molecule has 33 heavy (non-hydrogen) atoms. The van der Waals surface area contributed by atoms with E-state index in [9.17, 15) is 9.18 Å². The van der Waals surface area contributed by atoms with Gasteiger partial charge in [0, 0.05) is 19.3 Å². The van der Waals surface area contributed by atoms with Gasteiger partial charge < -0.3 is 24.7 Å². The van der Waals surface area contributed by atoms with E-state index in [1.165, 1.54) is 16.8 Å². The highest BCUT2D eigenvalue weighted by atomic mass is 19.1. The van der Waals surface area contributed by atoms with Crippen molar-refractivity contribution in [1.29, 1.82) is 0 Å². The molecule has 9 nitrogen and oxygen atoms in total. The molecule has 5 rings (SSSR count). The van der Waals surface area contributed by atoms with Crippen LogP contribution in [0.5, 0.6) is 11.5 Å². The first-order valence-corrected chi connectivity index (χ1v) is 11.0. The number of ether oxygens (including phenoxy) is 2. The monoisotopic (exact) mass is 452 g/mol. The molecule has 3 aromatic rings. The predicted octanol–water partition coefficient (Wildman–Crippen LogP) is 2.87. The number of nitrogens with zero attached hydrogens (tertiary/aromatic N) is 4. The number of fused-ring (bicyclic) bond motifs is 2. The molecule has 2 N–H and O–H groups in total. The average Bonchev–Trinajstić information content (AvgIpc) is 2.85. The first-order valence-electron chi connectivity index (χ1n) is 11.0. The van der Waals surface area contributed by atoms with Gasteiger partial charge in [-0.25, -0.2) is 19.3 Å². The Kier molecular flexibility index (Phi) is 5.91. The number of hydrogen-bond donors (Lipinski definition) is 2. The van der Waals surface area contributed by atoms with Gasteiger partial charge in [-0.2, -0.15) is 0 Å². The van der Waals surface area contributed by atoms with Crippen LogP contribution in [0.2, 0.25) is 0 Å². The van der Waals surface area contributed by atoms with Gasteiger partial charge in [0.2, 0.25) is 0 Å². The highest BCUT2D eigenvalue weighted by molar-refractivity contribution is 5.81. The largest absolute Gasteiger partial charge is 0.488 e. The zero-order valence-corrected chi connectivity index (χ0v) is 18.3. The maximum atomic E-state index is 14.5. The molecule has 1 fully saturated rings. The van der Waals surface area contributed by atoms with Gasteiger partial charge in [-0.15, -0.1) is 0 Å². The molecule has 10 heteroatoms. The highest BCUT2D eigenvalue weighted by Gasteiger charge is 2.23. The quantitative estimate of drug-likeness (QED) is 0.589. The van der Waals surface area contributed by atoms with Crippen molar-refractivity contribution in [1.82, 2.24) is 24.8 Å². The van der Waals surface area contributed by atoms with E-state index in [0.717, 1.165) is 25.7 Å². The Hall–Kier alpha value is -3.53. The molecule has 0 bridgehead atoms. The molecule has 1 aromatic carbocycles. The molecule has 2 aromatic heterocycles. The fourth-order valence-electron chi connectivity index (χ4n) is 4.30. The highest BCUT2D eigenvalue weighted by Crippen LogP contribution is 2.30. The van der Waals surface area contributed by atoms with Crippen LogP contribution < -0.4 is 25.7 Å². The smallest absolute Gasteiger partial charge is 0.269 e. The van der Waals surface area contributed by atoms with Gasteiger partial charge in [-0.3, -0.25) is 4.79 Å². The van der Waals surface area contributed by atoms with Crippen LogP contribution in [-0.2, 0) is 13.6 Å². The molecule has 1 aliphatic heterocycles. The van der Waals surface area contributed by atoms with Crippen molar-refractivity contribution in [3.63, 3.8) is 0 Å². The number of rotatable bonds is 6. The van der Waals surface area contributed by atoms with Crippen LogP contribution in [0.1, 0.15) is 31.5 Å². The molecule has 0 atom stereocenters. The summed E-state index contributed by atoms with van der Waals surface area (Å²) in [5, 5.41) is 6.58. The number of anilines is 1. The zero-order valence-electron chi connectivity index (χ0n) is 18.3. The van der Waals surface area contributed by atoms with Gasteiger partial charge in [-0.1, -0.05) is 0 Å². The van der Waals surface area contributed by atoms with Gasteiger partial charge in [0.1, 0.15) is 17.6 Å². The minimum Gasteiger partial charge on any atom is -0.488 e. The maximum Gasteiger partial charge on any atom is 0.269 e. The molecular formula is C23H25FN6O3. The third kappa shape index (κ3) is 4.51. The fraction of sp³-hybridized carbons (Fsp3) is 0.391. The maximum absolute atomic E-state index is 14.5. The molecule has 2 aliphatic rings. The van der Waals surface area contributed by atoms with Crippen molar-refractivity contribution in [3.8, 4) is 11.5 Å². The summed E-state index contributed by atoms with van der Waals surface area (Å²) in [4.78, 5) is 24.9. The van der Waals surface area contributed by atoms with Gasteiger partial charge in [0.25, 0.3) is 5.56 Å². The van der Waals surface area contributed by atoms with Gasteiger partial charge in [0.05, 0.1) is 31.1 Å². The van der Waals surface area contributed by atoms with Crippen LogP contribution in [0.3, 0.4) is 0 Å². The van der Waals surface area contributed by atoms with Crippen LogP contribution in [0.25, 0.3) is 11.0 Å². The third-order valence-corrected chi connectivity index (χ3v) is 6.19. The van der Waals surface area contributed by atoms with Crippen LogP contribution >= 0.6 is 0 Å². The van der Waals surface area contributed by atoms with E-state index in [-0.39, 0.29) is 11.3 Å². The topological polar surface area (TPSA) is 103 Å². The van der Waals surface area contributed by atoms with Crippen molar-refractivity contribution in [3.05, 3.63) is 59.0 Å². The van der Waals surface area contributed by atoms with E-state index < -0.39 is 5.82 Å². The molecule has 0 unspecified atom stereocenters. The van der Waals surface area contributed by atoms with Crippen molar-refractivity contribution >= 4 is 16.9 Å². The van der Waals surface area contributed by atoms with Gasteiger partial charge >= 0.3 is 0 Å². The van der Waals surface area contributed by atoms with Crippen molar-refractivity contribution < 1.29 is 13.9 Å². The summed E-state index contributed by atoms with van der Waals surface area (Å²) >= 11 is 0. The molecule has 0 radical (unpaired) electrons. The van der Waals surface area contributed by atoms with Crippen LogP contribution in [0, 0.1) is 11.7 Å². The second kappa shape index (κ2) is 9.14. The average molecular weight is 452 g/mol. The lowest BCUT2D eigenvalue weighted by Crippen LogP contribution is -2.34. The minimum atomic E-state index is -0.485. The van der Waals surface area contributed by atoms with Crippen molar-refractivity contribution in [2.75, 3.05) is 11.9 Å². The SMILES string of the molecule is Cn1c(=O)cnc2ccc(F)c(OCC3CCC(NCc4ncc5c(n4)NC=CO5)CC3)c21. The van der Waals surface area contributed by atoms with Gasteiger partial charge in [0.15, 0.2) is 23.1 Å². The summed E-state index contributed by atoms with van der Waals surface area (Å²) in [6, 6.07) is 3.25. The Labute approximate surface area is 189 Å². The molecule has 172 valence electrons. The first-order chi connectivity index (χ1) is 16.1. The predicted molar refractivity (Wildman–Crippen MR) is 120 cm³/mol. The Morgan fingerprint density at radius 1 is 1.24 bits per heavy atom. The van der Waals surface area contributed by atoms with Crippen molar-refractivity contribution in [2.24, 2.45) is 13.0 Å². The Morgan fingerprint density at radius 3 is 2.94 bits per heavy atom. The third-order valence-electron chi connectivity index (χ3n) is 6.19. The summed E-state index contributed by atoms with van der Waals surface area (Å²) < 4.78 is 27.1. The van der Waals surface area contributed by atoms with E-state index in [1.807, 2.05) is 0 Å². The molecule has 3 heterocycles. The number of aromatic nitrogens is 4. The molecule has 0 saturated heterocycles. The second-order valence-electron chi connectivity index (χ2n) is 8.37. The number of hydrogen-bond acceptors (Lipinski definition) is 8. The normalized spacial score (nSPS) is 19.6. The lowest BCUT2D eigenvalue weighted by molar-refractivity contribution is 0.187. The number of benzene rings is 1. The summed E-state index contributed by atoms with van der Waals surface area (Å²) in [5.41, 5.74) is 0.620. The summed E-state index contributed by atoms with van der Waals surface area (Å²) in [6.45, 7) is 0.978. The van der Waals surface area contributed by atoms with E-state index in [4.69, 9.17) is 9.47 Å². The minimum absolute atomic E-state index is 0.0949. The summed E-state index contributed by atoms with van der Waals surface area (Å²) in [7, 11) is 1.60. The fourth-order valence-corrected chi connectivity index (χ4v) is 4.30. The Bertz CT molecular complexity index is 1250. The summed E-state index contributed by atoms with van der Waals surface area (Å²) in [6.07, 6.45) is 10.0. The summed E-state index contributed by atoms with van der Waals surface area (Å²) in [5.74, 6) is 1.91. The van der Waals surface area contributed by atoms with Crippen LogP contribution in [0.15, 0.2) is 41.8 Å². The van der Waals surface area contributed by atoms with Gasteiger partial charge in [-0.05, 0) is 43.7 Å². The van der Waals surface area contributed by atoms with Crippen molar-refractivity contribution in [2.45, 2.75) is 38.3 Å². The van der Waals surface area contributed by atoms with E-state index in [1.54, 1.807) is 31.8 Å². The molecule has 1 aliphatic carbocycles. The number of aryl methyl sites for hydroxylation is 1. The lowest BCUT2D eigenvalue weighted by Gasteiger charge is -2.29. The standard InChI is InChI=1S/C23H25FN6O3/c1-30-20(31)12-27-17-7-6-16(24)22(21(17)30)33-13-14-2-4-15(5-3-14)26-11-19-28-10-18-23(29-19)25-8-9-32-18/h6-10,12,14-15,26H,2-5,11,13H2,1H3,(H,25,28,29). The number of nitrogens with one attached hydrogen (secondary N) is 2. The number of halogens is 1. The Morgan fingerprint density at radius 2 is 2.09 bits per heavy atom.